The molecule has 32 heavy (non-hydrogen) atoms. The van der Waals surface area contributed by atoms with Crippen LogP contribution in [0.3, 0.4) is 0 Å². The fourth-order valence-electron chi connectivity index (χ4n) is 2.77. The number of hydrogen-bond donors (Lipinski definition) is 0. The summed E-state index contributed by atoms with van der Waals surface area (Å²) in [6.07, 6.45) is 3.18. The van der Waals surface area contributed by atoms with Crippen LogP contribution in [-0.2, 0) is 45.8 Å². The fourth-order valence-corrected chi connectivity index (χ4v) is 4.71. The van der Waals surface area contributed by atoms with Gasteiger partial charge in [0.05, 0.1) is 56.6 Å². The van der Waals surface area contributed by atoms with Crippen molar-refractivity contribution in [2.24, 2.45) is 0 Å². The molecule has 0 bridgehead atoms. The van der Waals surface area contributed by atoms with E-state index >= 15 is 0 Å². The van der Waals surface area contributed by atoms with Crippen LogP contribution < -0.4 is 0 Å². The largest absolute Gasteiger partial charge is 0.465 e. The average molecular weight is 478 g/mol. The Kier molecular flexibility index (Phi) is 12.0. The van der Waals surface area contributed by atoms with Gasteiger partial charge in [-0.2, -0.15) is 0 Å². The highest BCUT2D eigenvalue weighted by Crippen LogP contribution is 2.49. The van der Waals surface area contributed by atoms with Crippen LogP contribution in [0.25, 0.3) is 0 Å². The number of esters is 1. The molecule has 0 atom stereocenters. The van der Waals surface area contributed by atoms with Crippen LogP contribution >= 0.6 is 7.60 Å². The molecule has 1 rings (SSSR count). The molecule has 0 aliphatic carbocycles. The zero-order chi connectivity index (χ0) is 24.3. The minimum Gasteiger partial charge on any atom is -0.465 e. The van der Waals surface area contributed by atoms with E-state index in [1.54, 1.807) is 27.0 Å². The average Bonchev–Trinajstić information content (AvgIpc) is 3.13. The van der Waals surface area contributed by atoms with Crippen molar-refractivity contribution in [3.63, 3.8) is 0 Å². The van der Waals surface area contributed by atoms with E-state index in [-0.39, 0.29) is 19.1 Å². The molecule has 1 aromatic heterocycles. The molecule has 11 heteroatoms. The van der Waals surface area contributed by atoms with E-state index in [1.807, 2.05) is 27.7 Å². The molecule has 0 saturated heterocycles. The van der Waals surface area contributed by atoms with Crippen molar-refractivity contribution in [3.05, 3.63) is 11.9 Å². The highest BCUT2D eigenvalue weighted by molar-refractivity contribution is 7.53. The first kappa shape index (κ1) is 28.7. The van der Waals surface area contributed by atoms with E-state index in [4.69, 9.17) is 23.3 Å². The van der Waals surface area contributed by atoms with Crippen molar-refractivity contribution in [1.82, 2.24) is 15.0 Å². The molecule has 1 heterocycles. The Morgan fingerprint density at radius 2 is 1.62 bits per heavy atom. The number of carbonyl (C=O) groups is 1. The number of rotatable bonds is 17. The van der Waals surface area contributed by atoms with Crippen molar-refractivity contribution in [2.45, 2.75) is 85.7 Å². The topological polar surface area (TPSA) is 111 Å². The molecule has 0 saturated carbocycles. The third kappa shape index (κ3) is 11.5. The maximum absolute atomic E-state index is 12.6. The monoisotopic (exact) mass is 477 g/mol. The third-order valence-electron chi connectivity index (χ3n) is 4.63. The van der Waals surface area contributed by atoms with E-state index in [2.05, 4.69) is 10.3 Å². The van der Waals surface area contributed by atoms with Crippen molar-refractivity contribution in [2.75, 3.05) is 32.6 Å². The molecule has 0 radical (unpaired) electrons. The van der Waals surface area contributed by atoms with Gasteiger partial charge in [0.2, 0.25) is 0 Å². The number of nitrogens with zero attached hydrogens (tertiary/aromatic N) is 3. The van der Waals surface area contributed by atoms with Crippen molar-refractivity contribution >= 4 is 13.6 Å². The molecule has 0 spiro atoms. The van der Waals surface area contributed by atoms with Gasteiger partial charge in [0.25, 0.3) is 0 Å². The first-order chi connectivity index (χ1) is 14.9. The summed E-state index contributed by atoms with van der Waals surface area (Å²) in [4.78, 5) is 11.5. The zero-order valence-corrected chi connectivity index (χ0v) is 21.5. The second-order valence-corrected chi connectivity index (χ2v) is 10.7. The molecule has 0 aromatic carbocycles. The van der Waals surface area contributed by atoms with E-state index in [1.165, 1.54) is 4.68 Å². The van der Waals surface area contributed by atoms with Crippen LogP contribution in [0.4, 0.5) is 0 Å². The van der Waals surface area contributed by atoms with Crippen LogP contribution in [0, 0.1) is 0 Å². The lowest BCUT2D eigenvalue weighted by Gasteiger charge is -2.30. The molecule has 0 fully saturated rings. The van der Waals surface area contributed by atoms with Gasteiger partial charge in [-0.3, -0.25) is 9.36 Å². The molecular formula is C21H40N3O7P. The number of ether oxygens (including phenoxy) is 3. The minimum atomic E-state index is -3.08. The maximum Gasteiger partial charge on any atom is 0.330 e. The minimum absolute atomic E-state index is 0.0205. The molecule has 186 valence electrons. The van der Waals surface area contributed by atoms with E-state index in [9.17, 15) is 9.36 Å². The molecule has 0 N–H and O–H groups in total. The van der Waals surface area contributed by atoms with Gasteiger partial charge >= 0.3 is 13.6 Å². The van der Waals surface area contributed by atoms with E-state index in [0.29, 0.717) is 51.1 Å². The summed E-state index contributed by atoms with van der Waals surface area (Å²) in [5.41, 5.74) is -0.297. The molecule has 10 nitrogen and oxygen atoms in total. The summed E-state index contributed by atoms with van der Waals surface area (Å²) in [5, 5.41) is 7.95. The molecule has 0 unspecified atom stereocenters. The van der Waals surface area contributed by atoms with Crippen LogP contribution in [0.2, 0.25) is 0 Å². The summed E-state index contributed by atoms with van der Waals surface area (Å²) in [5.74, 6) is -0.358. The highest BCUT2D eigenvalue weighted by atomic mass is 31.2. The smallest absolute Gasteiger partial charge is 0.330 e. The van der Waals surface area contributed by atoms with Gasteiger partial charge in [0.15, 0.2) is 0 Å². The summed E-state index contributed by atoms with van der Waals surface area (Å²) in [7, 11) is -3.08. The Bertz CT molecular complexity index is 727. The second kappa shape index (κ2) is 13.4. The molecule has 0 aliphatic heterocycles. The van der Waals surface area contributed by atoms with Crippen LogP contribution in [0.1, 0.15) is 67.0 Å². The van der Waals surface area contributed by atoms with Gasteiger partial charge < -0.3 is 23.3 Å². The summed E-state index contributed by atoms with van der Waals surface area (Å²) in [6, 6.07) is 0. The summed E-state index contributed by atoms with van der Waals surface area (Å²) >= 11 is 0. The van der Waals surface area contributed by atoms with Crippen LogP contribution in [-0.4, -0.2) is 64.8 Å². The quantitative estimate of drug-likeness (QED) is 0.243. The lowest BCUT2D eigenvalue weighted by atomic mass is 10.0. The van der Waals surface area contributed by atoms with E-state index in [0.717, 1.165) is 0 Å². The molecule has 0 amide bonds. The molecule has 1 aromatic rings. The van der Waals surface area contributed by atoms with Crippen molar-refractivity contribution in [3.8, 4) is 0 Å². The van der Waals surface area contributed by atoms with Crippen LogP contribution in [0.5, 0.6) is 0 Å². The second-order valence-electron chi connectivity index (χ2n) is 8.54. The van der Waals surface area contributed by atoms with Gasteiger partial charge in [-0.15, -0.1) is 5.10 Å². The Morgan fingerprint density at radius 1 is 1.00 bits per heavy atom. The predicted octanol–water partition coefficient (Wildman–Crippen LogP) is 3.98. The summed E-state index contributed by atoms with van der Waals surface area (Å²) < 4.78 is 41.7. The Morgan fingerprint density at radius 3 is 2.22 bits per heavy atom. The predicted molar refractivity (Wildman–Crippen MR) is 121 cm³/mol. The van der Waals surface area contributed by atoms with Gasteiger partial charge in [-0.1, -0.05) is 5.21 Å². The van der Waals surface area contributed by atoms with Gasteiger partial charge in [-0.25, -0.2) is 4.68 Å². The van der Waals surface area contributed by atoms with Crippen molar-refractivity contribution in [1.29, 1.82) is 0 Å². The summed E-state index contributed by atoms with van der Waals surface area (Å²) in [6.45, 7) is 15.0. The normalized spacial score (nSPS) is 12.8. The van der Waals surface area contributed by atoms with Gasteiger partial charge in [-0.05, 0) is 61.3 Å². The Hall–Kier alpha value is -1.32. The fraction of sp³-hybridized carbons (Fsp3) is 0.857. The van der Waals surface area contributed by atoms with E-state index < -0.39 is 18.8 Å². The lowest BCUT2D eigenvalue weighted by Crippen LogP contribution is -2.31. The Balaban J connectivity index is 2.43. The first-order valence-corrected chi connectivity index (χ1v) is 12.9. The van der Waals surface area contributed by atoms with Gasteiger partial charge in [0.1, 0.15) is 12.2 Å². The number of aromatic nitrogens is 3. The van der Waals surface area contributed by atoms with Crippen molar-refractivity contribution < 1.29 is 32.6 Å². The SMILES string of the molecule is CCOC(=O)Cn1cc(COC(C)(C)CCOC(C)(C)CCP(=O)(OCC)OCC)nn1. The van der Waals surface area contributed by atoms with Crippen LogP contribution in [0.15, 0.2) is 6.20 Å². The maximum atomic E-state index is 12.6. The highest BCUT2D eigenvalue weighted by Gasteiger charge is 2.29. The lowest BCUT2D eigenvalue weighted by molar-refractivity contribution is -0.144. The molecule has 0 aliphatic rings. The Labute approximate surface area is 191 Å². The van der Waals surface area contributed by atoms with Gasteiger partial charge in [0, 0.05) is 0 Å². The number of carbonyl (C=O) groups excluding carboxylic acids is 1. The third-order valence-corrected chi connectivity index (χ3v) is 6.70. The standard InChI is InChI=1S/C21H40N3O7P/c1-8-27-19(25)16-24-15-18(22-23-24)17-29-20(4,5)11-13-28-21(6,7)12-14-32(26,30-9-2)31-10-3/h15H,8-14,16-17H2,1-7H3. The first-order valence-electron chi connectivity index (χ1n) is 11.1. The molecular weight excluding hydrogens is 437 g/mol. The zero-order valence-electron chi connectivity index (χ0n) is 20.6. The number of hydrogen-bond acceptors (Lipinski definition) is 9.